The summed E-state index contributed by atoms with van der Waals surface area (Å²) in [5.74, 6) is 2.76. The molecule has 0 bridgehead atoms. The van der Waals surface area contributed by atoms with Crippen molar-refractivity contribution in [2.45, 2.75) is 486 Å². The summed E-state index contributed by atoms with van der Waals surface area (Å²) >= 11 is 27.0. The quantitative estimate of drug-likeness (QED) is 0.0203. The Bertz CT molecular complexity index is 3790. The molecule has 0 aromatic heterocycles. The van der Waals surface area contributed by atoms with Crippen LogP contribution < -0.4 is 37.7 Å². The summed E-state index contributed by atoms with van der Waals surface area (Å²) in [4.78, 5) is 57.5. The number of hydrogen-bond donors (Lipinski definition) is 0. The molecule has 8 aromatic carbocycles. The van der Waals surface area contributed by atoms with E-state index in [1.165, 1.54) is 376 Å². The minimum absolute atomic E-state index is 0. The molecular weight excluding hydrogens is 2050 g/mol. The minimum atomic E-state index is -3.31. The molecule has 0 aliphatic rings. The summed E-state index contributed by atoms with van der Waals surface area (Å²) in [5.41, 5.74) is -3.83. The van der Waals surface area contributed by atoms with Crippen molar-refractivity contribution >= 4 is 116 Å². The van der Waals surface area contributed by atoms with Crippen molar-refractivity contribution in [1.82, 2.24) is 0 Å². The molecule has 0 heterocycles. The first kappa shape index (κ1) is 131. The van der Waals surface area contributed by atoms with E-state index < -0.39 is 22.8 Å². The van der Waals surface area contributed by atoms with Crippen molar-refractivity contribution in [1.29, 1.82) is 0 Å². The second kappa shape index (κ2) is 85.1. The van der Waals surface area contributed by atoms with Gasteiger partial charge in [-0.05, 0) is 196 Å². The largest absolute Gasteiger partial charge is 4.00 e. The van der Waals surface area contributed by atoms with Gasteiger partial charge in [-0.2, -0.15) is 0 Å². The number of aryl methyl sites for hydroxylation is 8. The molecule has 0 amide bonds. The Kier molecular flexibility index (Phi) is 78.9. The van der Waals surface area contributed by atoms with Crippen LogP contribution in [0.3, 0.4) is 0 Å². The average Bonchev–Trinajstić information content (AvgIpc) is 0.843. The molecule has 0 fully saturated rings. The van der Waals surface area contributed by atoms with Gasteiger partial charge in [0.2, 0.25) is 0 Å². The van der Waals surface area contributed by atoms with Crippen LogP contribution in [-0.2, 0) is 120 Å². The van der Waals surface area contributed by atoms with E-state index in [0.29, 0.717) is 23.0 Å². The van der Waals surface area contributed by atoms with E-state index in [9.17, 15) is 19.6 Å². The maximum absolute atomic E-state index is 13.4. The Balaban J connectivity index is 0.000000391. The summed E-state index contributed by atoms with van der Waals surface area (Å²) in [7, 11) is 0. The molecule has 8 nitrogen and oxygen atoms in total. The zero-order valence-electron chi connectivity index (χ0n) is 88.5. The van der Waals surface area contributed by atoms with Gasteiger partial charge in [0.05, 0.1) is 0 Å². The van der Waals surface area contributed by atoms with E-state index in [2.05, 4.69) is 128 Å². The van der Waals surface area contributed by atoms with Crippen LogP contribution in [0.4, 0.5) is 0 Å². The standard InChI is InChI=1S/4C30H47O2PS2.Mo/c4*1-3-5-7-9-11-13-15-21-27-22-17-19-25-29(27)32-33(31,34)35-30-26-20-18-24-28(30)23-16-14-12-10-8-6-4-2;/h4*17-20,22,24-26H,3-16,21,23H2,1-2H3,(H,31,34);/q;;;;+4/p-4. The van der Waals surface area contributed by atoms with Gasteiger partial charge >= 0.3 is 21.1 Å². The molecule has 8 aromatic rings. The van der Waals surface area contributed by atoms with Crippen molar-refractivity contribution in [3.05, 3.63) is 239 Å². The van der Waals surface area contributed by atoms with E-state index in [1.807, 2.05) is 121 Å². The predicted octanol–water partition coefficient (Wildman–Crippen LogP) is 40.1. The Hall–Kier alpha value is -2.51. The topological polar surface area (TPSA) is 129 Å². The number of rotatable bonds is 80. The second-order valence-electron chi connectivity index (χ2n) is 38.4. The van der Waals surface area contributed by atoms with Gasteiger partial charge in [-0.25, -0.2) is 0 Å². The molecule has 0 spiro atoms. The molecule has 141 heavy (non-hydrogen) atoms. The van der Waals surface area contributed by atoms with Gasteiger partial charge in [-0.3, -0.25) is 0 Å². The Morgan fingerprint density at radius 2 is 0.284 bits per heavy atom. The van der Waals surface area contributed by atoms with Crippen LogP contribution in [0.1, 0.15) is 459 Å². The molecule has 0 radical (unpaired) electrons. The van der Waals surface area contributed by atoms with Crippen molar-refractivity contribution in [2.75, 3.05) is 0 Å². The fourth-order valence-electron chi connectivity index (χ4n) is 17.6. The molecule has 0 saturated carbocycles. The molecule has 0 aliphatic heterocycles. The molecule has 0 N–H and O–H groups in total. The van der Waals surface area contributed by atoms with E-state index in [1.54, 1.807) is 0 Å². The average molecular weight is 2230 g/mol. The molecule has 4 atom stereocenters. The van der Waals surface area contributed by atoms with E-state index in [-0.39, 0.29) is 21.1 Å². The normalized spacial score (nSPS) is 12.9. The van der Waals surface area contributed by atoms with E-state index in [0.717, 1.165) is 145 Å². The minimum Gasteiger partial charge on any atom is -0.783 e. The first-order chi connectivity index (χ1) is 68.2. The fourth-order valence-corrected chi connectivity index (χ4v) is 32.4. The summed E-state index contributed by atoms with van der Waals surface area (Å²) in [5, 5.41) is 0. The van der Waals surface area contributed by atoms with Crippen LogP contribution in [0.25, 0.3) is 0 Å². The molecule has 0 aliphatic carbocycles. The van der Waals surface area contributed by atoms with Crippen LogP contribution in [0.15, 0.2) is 214 Å². The van der Waals surface area contributed by atoms with Crippen molar-refractivity contribution in [3.8, 4) is 23.0 Å². The van der Waals surface area contributed by atoms with Gasteiger partial charge in [0, 0.05) is 19.6 Å². The third-order valence-corrected chi connectivity index (χ3v) is 40.3. The Labute approximate surface area is 913 Å². The maximum atomic E-state index is 13.4. The maximum Gasteiger partial charge on any atom is 4.00 e. The van der Waals surface area contributed by atoms with E-state index in [4.69, 9.17) is 65.3 Å². The van der Waals surface area contributed by atoms with Crippen LogP contribution in [0.2, 0.25) is 0 Å². The molecule has 0 saturated heterocycles. The van der Waals surface area contributed by atoms with Gasteiger partial charge < -0.3 is 37.7 Å². The molecule has 4 unspecified atom stereocenters. The fraction of sp³-hybridized carbons (Fsp3) is 0.600. The molecule has 21 heteroatoms. The molecule has 786 valence electrons. The Morgan fingerprint density at radius 1 is 0.170 bits per heavy atom. The van der Waals surface area contributed by atoms with Crippen LogP contribution in [0.5, 0.6) is 23.0 Å². The van der Waals surface area contributed by atoms with Crippen molar-refractivity contribution < 1.29 is 58.7 Å². The summed E-state index contributed by atoms with van der Waals surface area (Å²) in [6.45, 7) is 18.0. The zero-order valence-corrected chi connectivity index (χ0v) is 101. The SMILES string of the molecule is CCCCCCCCCc1ccccc1OP([O-])(=S)Sc1ccccc1CCCCCCCCC.CCCCCCCCCc1ccccc1OP([O-])(=S)Sc1ccccc1CCCCCCCCC.CCCCCCCCCc1ccccc1OP([O-])(=S)Sc1ccccc1CCCCCCCCC.CCCCCCCCCc1ccccc1OP([O-])(=S)Sc1ccccc1CCCCCCCCC.[Mo+4]. The number of hydrogen-bond acceptors (Lipinski definition) is 16. The smallest absolute Gasteiger partial charge is 0.783 e. The van der Waals surface area contributed by atoms with Crippen LogP contribution in [0, 0.1) is 0 Å². The van der Waals surface area contributed by atoms with Crippen molar-refractivity contribution in [2.24, 2.45) is 0 Å². The first-order valence-electron chi connectivity index (χ1n) is 55.7. The number of benzene rings is 8. The third kappa shape index (κ3) is 64.7. The van der Waals surface area contributed by atoms with E-state index >= 15 is 0 Å². The summed E-state index contributed by atoms with van der Waals surface area (Å²) < 4.78 is 24.1. The number of para-hydroxylation sites is 4. The van der Waals surface area contributed by atoms with Gasteiger partial charge in [0.1, 0.15) is 45.8 Å². The zero-order chi connectivity index (χ0) is 101. The first-order valence-corrected chi connectivity index (χ1v) is 71.9. The molecular formula is C120H184MoO8P4S8. The van der Waals surface area contributed by atoms with Gasteiger partial charge in [0.25, 0.3) is 0 Å². The Morgan fingerprint density at radius 3 is 0.433 bits per heavy atom. The van der Waals surface area contributed by atoms with Gasteiger partial charge in [-0.1, -0.05) is 602 Å². The predicted molar refractivity (Wildman–Crippen MR) is 628 cm³/mol. The van der Waals surface area contributed by atoms with Crippen LogP contribution >= 0.6 is 68.3 Å². The van der Waals surface area contributed by atoms with Gasteiger partial charge in [-0.15, -0.1) is 0 Å². The molecule has 8 rings (SSSR count). The monoisotopic (exact) mass is 2230 g/mol. The van der Waals surface area contributed by atoms with Gasteiger partial charge in [0.15, 0.2) is 0 Å². The second-order valence-corrected chi connectivity index (χ2v) is 61.7. The summed E-state index contributed by atoms with van der Waals surface area (Å²) in [6, 6.07) is 64.9. The third-order valence-electron chi connectivity index (χ3n) is 25.9. The summed E-state index contributed by atoms with van der Waals surface area (Å²) in [6.07, 6.45) is 79.5. The van der Waals surface area contributed by atoms with Crippen molar-refractivity contribution in [3.63, 3.8) is 0 Å². The number of unbranched alkanes of at least 4 members (excludes halogenated alkanes) is 48. The van der Waals surface area contributed by atoms with Crippen LogP contribution in [-0.4, -0.2) is 0 Å².